The number of hydrogen-bond donors (Lipinski definition) is 2. The summed E-state index contributed by atoms with van der Waals surface area (Å²) in [4.78, 5) is 0. The second-order valence-electron chi connectivity index (χ2n) is 4.63. The first kappa shape index (κ1) is 14.0. The molecule has 17 heavy (non-hydrogen) atoms. The average molecular weight is 237 g/mol. The topological polar surface area (TPSA) is 41.5 Å². The van der Waals surface area contributed by atoms with Gasteiger partial charge in [0.05, 0.1) is 12.7 Å². The van der Waals surface area contributed by atoms with Crippen LogP contribution in [0.25, 0.3) is 0 Å². The monoisotopic (exact) mass is 237 g/mol. The van der Waals surface area contributed by atoms with Crippen molar-refractivity contribution in [3.8, 4) is 5.75 Å². The minimum Gasteiger partial charge on any atom is -0.497 e. The van der Waals surface area contributed by atoms with Crippen molar-refractivity contribution in [1.82, 2.24) is 5.32 Å². The molecule has 96 valence electrons. The van der Waals surface area contributed by atoms with Gasteiger partial charge in [0.1, 0.15) is 5.75 Å². The SMILES string of the molecule is CCNCCC(C)(O)Cc1cccc(OC)c1. The Kier molecular flexibility index (Phi) is 5.45. The lowest BCUT2D eigenvalue weighted by atomic mass is 9.93. The molecule has 0 aliphatic carbocycles. The largest absolute Gasteiger partial charge is 0.497 e. The van der Waals surface area contributed by atoms with Gasteiger partial charge in [0.25, 0.3) is 0 Å². The van der Waals surface area contributed by atoms with Crippen LogP contribution in [0.15, 0.2) is 24.3 Å². The number of ether oxygens (including phenoxy) is 1. The Morgan fingerprint density at radius 2 is 2.18 bits per heavy atom. The molecule has 3 nitrogen and oxygen atoms in total. The molecule has 2 N–H and O–H groups in total. The Bertz CT molecular complexity index is 337. The number of benzene rings is 1. The molecule has 1 aromatic carbocycles. The normalized spacial score (nSPS) is 14.4. The van der Waals surface area contributed by atoms with Crippen LogP contribution in [-0.4, -0.2) is 30.9 Å². The Balaban J connectivity index is 2.55. The van der Waals surface area contributed by atoms with E-state index in [0.29, 0.717) is 6.42 Å². The van der Waals surface area contributed by atoms with Gasteiger partial charge in [-0.15, -0.1) is 0 Å². The van der Waals surface area contributed by atoms with E-state index in [2.05, 4.69) is 12.2 Å². The summed E-state index contributed by atoms with van der Waals surface area (Å²) in [6, 6.07) is 7.86. The van der Waals surface area contributed by atoms with Gasteiger partial charge >= 0.3 is 0 Å². The smallest absolute Gasteiger partial charge is 0.119 e. The molecule has 1 aromatic rings. The third-order valence-electron chi connectivity index (χ3n) is 2.81. The molecule has 0 aliphatic heterocycles. The summed E-state index contributed by atoms with van der Waals surface area (Å²) in [5.74, 6) is 0.838. The summed E-state index contributed by atoms with van der Waals surface area (Å²) in [6.07, 6.45) is 1.40. The van der Waals surface area contributed by atoms with Crippen molar-refractivity contribution >= 4 is 0 Å². The van der Waals surface area contributed by atoms with Gasteiger partial charge in [0.2, 0.25) is 0 Å². The molecule has 0 aliphatic rings. The van der Waals surface area contributed by atoms with Crippen LogP contribution in [0.2, 0.25) is 0 Å². The van der Waals surface area contributed by atoms with E-state index in [9.17, 15) is 5.11 Å². The summed E-state index contributed by atoms with van der Waals surface area (Å²) in [7, 11) is 1.66. The fourth-order valence-corrected chi connectivity index (χ4v) is 1.85. The molecule has 0 radical (unpaired) electrons. The van der Waals surface area contributed by atoms with E-state index >= 15 is 0 Å². The van der Waals surface area contributed by atoms with Gasteiger partial charge in [0, 0.05) is 6.42 Å². The molecule has 0 aromatic heterocycles. The predicted molar refractivity (Wildman–Crippen MR) is 70.5 cm³/mol. The Morgan fingerprint density at radius 3 is 2.82 bits per heavy atom. The van der Waals surface area contributed by atoms with Crippen LogP contribution >= 0.6 is 0 Å². The highest BCUT2D eigenvalue weighted by Gasteiger charge is 2.20. The molecule has 1 unspecified atom stereocenters. The minimum absolute atomic E-state index is 0.648. The fraction of sp³-hybridized carbons (Fsp3) is 0.571. The predicted octanol–water partition coefficient (Wildman–Crippen LogP) is 1.99. The van der Waals surface area contributed by atoms with Crippen molar-refractivity contribution in [3.63, 3.8) is 0 Å². The maximum atomic E-state index is 10.3. The van der Waals surface area contributed by atoms with Gasteiger partial charge in [-0.1, -0.05) is 19.1 Å². The standard InChI is InChI=1S/C14H23NO2/c1-4-15-9-8-14(2,16)11-12-6-5-7-13(10-12)17-3/h5-7,10,15-16H,4,8-9,11H2,1-3H3. The highest BCUT2D eigenvalue weighted by molar-refractivity contribution is 5.29. The van der Waals surface area contributed by atoms with E-state index in [0.717, 1.165) is 30.8 Å². The third-order valence-corrected chi connectivity index (χ3v) is 2.81. The van der Waals surface area contributed by atoms with Crippen molar-refractivity contribution in [2.45, 2.75) is 32.3 Å². The van der Waals surface area contributed by atoms with Gasteiger partial charge in [-0.05, 0) is 44.1 Å². The summed E-state index contributed by atoms with van der Waals surface area (Å²) >= 11 is 0. The second-order valence-corrected chi connectivity index (χ2v) is 4.63. The van der Waals surface area contributed by atoms with Crippen LogP contribution in [0.4, 0.5) is 0 Å². The summed E-state index contributed by atoms with van der Waals surface area (Å²) in [5, 5.41) is 13.5. The van der Waals surface area contributed by atoms with Crippen molar-refractivity contribution in [3.05, 3.63) is 29.8 Å². The molecule has 0 heterocycles. The molecule has 0 spiro atoms. The average Bonchev–Trinajstić information content (AvgIpc) is 2.29. The van der Waals surface area contributed by atoms with Crippen LogP contribution in [-0.2, 0) is 6.42 Å². The third kappa shape index (κ3) is 5.20. The lowest BCUT2D eigenvalue weighted by molar-refractivity contribution is 0.0516. The van der Waals surface area contributed by atoms with Crippen LogP contribution in [0.5, 0.6) is 5.75 Å². The van der Waals surface area contributed by atoms with Crippen molar-refractivity contribution in [2.75, 3.05) is 20.2 Å². The Morgan fingerprint density at radius 1 is 1.41 bits per heavy atom. The van der Waals surface area contributed by atoms with E-state index in [-0.39, 0.29) is 0 Å². The van der Waals surface area contributed by atoms with E-state index in [1.54, 1.807) is 7.11 Å². The minimum atomic E-state index is -0.672. The molecule has 3 heteroatoms. The summed E-state index contributed by atoms with van der Waals surface area (Å²) in [5.41, 5.74) is 0.431. The maximum Gasteiger partial charge on any atom is 0.119 e. The van der Waals surface area contributed by atoms with Crippen molar-refractivity contribution in [2.24, 2.45) is 0 Å². The van der Waals surface area contributed by atoms with Crippen molar-refractivity contribution < 1.29 is 9.84 Å². The zero-order valence-electron chi connectivity index (χ0n) is 11.0. The van der Waals surface area contributed by atoms with Gasteiger partial charge in [-0.2, -0.15) is 0 Å². The molecule has 0 fully saturated rings. The highest BCUT2D eigenvalue weighted by Crippen LogP contribution is 2.20. The molecule has 1 atom stereocenters. The maximum absolute atomic E-state index is 10.3. The van der Waals surface area contributed by atoms with E-state index in [1.165, 1.54) is 0 Å². The molecular weight excluding hydrogens is 214 g/mol. The summed E-state index contributed by atoms with van der Waals surface area (Å²) < 4.78 is 5.17. The number of aliphatic hydroxyl groups is 1. The van der Waals surface area contributed by atoms with Gasteiger partial charge < -0.3 is 15.2 Å². The molecule has 0 saturated heterocycles. The molecule has 0 saturated carbocycles. The number of rotatable bonds is 7. The lowest BCUT2D eigenvalue weighted by Gasteiger charge is -2.23. The zero-order valence-corrected chi connectivity index (χ0v) is 11.0. The Labute approximate surface area is 104 Å². The first-order valence-corrected chi connectivity index (χ1v) is 6.13. The summed E-state index contributed by atoms with van der Waals surface area (Å²) in [6.45, 7) is 5.73. The molecule has 1 rings (SSSR count). The van der Waals surface area contributed by atoms with E-state index in [4.69, 9.17) is 4.74 Å². The number of methoxy groups -OCH3 is 1. The van der Waals surface area contributed by atoms with Gasteiger partial charge in [-0.25, -0.2) is 0 Å². The van der Waals surface area contributed by atoms with Crippen LogP contribution in [0.3, 0.4) is 0 Å². The van der Waals surface area contributed by atoms with Crippen LogP contribution in [0.1, 0.15) is 25.8 Å². The molecule has 0 bridgehead atoms. The van der Waals surface area contributed by atoms with E-state index in [1.807, 2.05) is 31.2 Å². The fourth-order valence-electron chi connectivity index (χ4n) is 1.85. The molecule has 0 amide bonds. The van der Waals surface area contributed by atoms with Crippen LogP contribution in [0, 0.1) is 0 Å². The van der Waals surface area contributed by atoms with Crippen LogP contribution < -0.4 is 10.1 Å². The van der Waals surface area contributed by atoms with Crippen molar-refractivity contribution in [1.29, 1.82) is 0 Å². The van der Waals surface area contributed by atoms with Gasteiger partial charge in [-0.3, -0.25) is 0 Å². The van der Waals surface area contributed by atoms with E-state index < -0.39 is 5.60 Å². The molecular formula is C14H23NO2. The number of hydrogen-bond acceptors (Lipinski definition) is 3. The highest BCUT2D eigenvalue weighted by atomic mass is 16.5. The second kappa shape index (κ2) is 6.62. The first-order valence-electron chi connectivity index (χ1n) is 6.13. The number of nitrogens with one attached hydrogen (secondary N) is 1. The lowest BCUT2D eigenvalue weighted by Crippen LogP contribution is -2.32. The zero-order chi connectivity index (χ0) is 12.7. The Hall–Kier alpha value is -1.06. The quantitative estimate of drug-likeness (QED) is 0.713. The first-order chi connectivity index (χ1) is 8.07. The van der Waals surface area contributed by atoms with Gasteiger partial charge in [0.15, 0.2) is 0 Å².